The molecule has 2 nitrogen and oxygen atoms in total. The molecule has 1 aliphatic heterocycles. The van der Waals surface area contributed by atoms with Crippen LogP contribution in [-0.2, 0) is 0 Å². The molecule has 0 amide bonds. The van der Waals surface area contributed by atoms with Crippen molar-refractivity contribution < 1.29 is 0 Å². The summed E-state index contributed by atoms with van der Waals surface area (Å²) in [5, 5.41) is 4.01. The summed E-state index contributed by atoms with van der Waals surface area (Å²) in [6.45, 7) is 13.3. The maximum atomic E-state index is 4.01. The predicted octanol–water partition coefficient (Wildman–Crippen LogP) is 4.59. The second kappa shape index (κ2) is 7.46. The van der Waals surface area contributed by atoms with Gasteiger partial charge in [0.05, 0.1) is 0 Å². The lowest BCUT2D eigenvalue weighted by molar-refractivity contribution is -0.0154. The van der Waals surface area contributed by atoms with Crippen LogP contribution in [0, 0.1) is 5.92 Å². The fourth-order valence-electron chi connectivity index (χ4n) is 4.57. The molecule has 2 aliphatic rings. The Morgan fingerprint density at radius 3 is 2.29 bits per heavy atom. The molecule has 1 heterocycles. The van der Waals surface area contributed by atoms with Crippen molar-refractivity contribution >= 4 is 0 Å². The maximum Gasteiger partial charge on any atom is 0.0329 e. The van der Waals surface area contributed by atoms with E-state index in [9.17, 15) is 0 Å². The van der Waals surface area contributed by atoms with Gasteiger partial charge in [0.1, 0.15) is 0 Å². The number of hydrogen-bond donors (Lipinski definition) is 1. The monoisotopic (exact) mass is 294 g/mol. The van der Waals surface area contributed by atoms with Crippen LogP contribution < -0.4 is 5.32 Å². The molecule has 21 heavy (non-hydrogen) atoms. The summed E-state index contributed by atoms with van der Waals surface area (Å²) in [6, 6.07) is 0. The van der Waals surface area contributed by atoms with E-state index in [4.69, 9.17) is 0 Å². The average Bonchev–Trinajstić information content (AvgIpc) is 2.49. The largest absolute Gasteiger partial charge is 0.308 e. The van der Waals surface area contributed by atoms with E-state index < -0.39 is 0 Å². The van der Waals surface area contributed by atoms with Gasteiger partial charge in [0, 0.05) is 24.2 Å². The van der Waals surface area contributed by atoms with Gasteiger partial charge in [0.2, 0.25) is 0 Å². The Bertz CT molecular complexity index is 301. The van der Waals surface area contributed by atoms with Gasteiger partial charge in [-0.05, 0) is 51.0 Å². The van der Waals surface area contributed by atoms with E-state index in [0.29, 0.717) is 11.1 Å². The Hall–Kier alpha value is -0.0800. The van der Waals surface area contributed by atoms with Crippen LogP contribution in [0.2, 0.25) is 0 Å². The van der Waals surface area contributed by atoms with E-state index in [1.165, 1.54) is 77.4 Å². The predicted molar refractivity (Wildman–Crippen MR) is 92.8 cm³/mol. The number of hydrogen-bond acceptors (Lipinski definition) is 2. The van der Waals surface area contributed by atoms with E-state index in [-0.39, 0.29) is 0 Å². The number of nitrogens with zero attached hydrogens (tertiary/aromatic N) is 1. The van der Waals surface area contributed by atoms with Crippen molar-refractivity contribution in [3.05, 3.63) is 0 Å². The standard InChI is InChI=1S/C19H38N2/c1-5-19(6-2)15-20-18(12-8-7-9-13-18)16-21(19)14-10-11-17(3)4/h17,20H,5-16H2,1-4H3. The zero-order valence-electron chi connectivity index (χ0n) is 15.0. The molecule has 0 aromatic rings. The van der Waals surface area contributed by atoms with Crippen LogP contribution in [0.4, 0.5) is 0 Å². The molecule has 1 saturated heterocycles. The van der Waals surface area contributed by atoms with Crippen LogP contribution in [0.5, 0.6) is 0 Å². The van der Waals surface area contributed by atoms with E-state index >= 15 is 0 Å². The van der Waals surface area contributed by atoms with Crippen molar-refractivity contribution in [2.45, 2.75) is 96.6 Å². The van der Waals surface area contributed by atoms with Crippen LogP contribution in [0.25, 0.3) is 0 Å². The van der Waals surface area contributed by atoms with Crippen LogP contribution in [0.1, 0.15) is 85.5 Å². The SMILES string of the molecule is CCC1(CC)CNC2(CCCCC2)CN1CCCC(C)C. The first-order valence-corrected chi connectivity index (χ1v) is 9.56. The van der Waals surface area contributed by atoms with Crippen molar-refractivity contribution in [2.75, 3.05) is 19.6 Å². The molecule has 0 unspecified atom stereocenters. The average molecular weight is 295 g/mol. The Labute approximate surface area is 133 Å². The van der Waals surface area contributed by atoms with Gasteiger partial charge in [0.25, 0.3) is 0 Å². The van der Waals surface area contributed by atoms with E-state index in [0.717, 1.165) is 5.92 Å². The third kappa shape index (κ3) is 4.01. The lowest BCUT2D eigenvalue weighted by Gasteiger charge is -2.56. The fraction of sp³-hybridized carbons (Fsp3) is 1.00. The van der Waals surface area contributed by atoms with Gasteiger partial charge in [-0.25, -0.2) is 0 Å². The first-order valence-electron chi connectivity index (χ1n) is 9.56. The van der Waals surface area contributed by atoms with Crippen LogP contribution in [-0.4, -0.2) is 35.6 Å². The van der Waals surface area contributed by atoms with Gasteiger partial charge in [-0.15, -0.1) is 0 Å². The van der Waals surface area contributed by atoms with Crippen LogP contribution in [0.3, 0.4) is 0 Å². The summed E-state index contributed by atoms with van der Waals surface area (Å²) >= 11 is 0. The third-order valence-electron chi connectivity index (χ3n) is 6.29. The quantitative estimate of drug-likeness (QED) is 0.771. The van der Waals surface area contributed by atoms with Crippen molar-refractivity contribution in [1.82, 2.24) is 10.2 Å². The molecule has 1 N–H and O–H groups in total. The third-order valence-corrected chi connectivity index (χ3v) is 6.29. The second-order valence-corrected chi connectivity index (χ2v) is 8.08. The lowest BCUT2D eigenvalue weighted by Crippen LogP contribution is -2.70. The van der Waals surface area contributed by atoms with Crippen molar-refractivity contribution in [1.29, 1.82) is 0 Å². The molecule has 2 heteroatoms. The summed E-state index contributed by atoms with van der Waals surface area (Å²) in [7, 11) is 0. The topological polar surface area (TPSA) is 15.3 Å². The summed E-state index contributed by atoms with van der Waals surface area (Å²) in [5.41, 5.74) is 0.865. The Kier molecular flexibility index (Phi) is 6.14. The summed E-state index contributed by atoms with van der Waals surface area (Å²) in [4.78, 5) is 2.89. The van der Waals surface area contributed by atoms with Crippen molar-refractivity contribution in [3.63, 3.8) is 0 Å². The molecule has 124 valence electrons. The van der Waals surface area contributed by atoms with Crippen molar-refractivity contribution in [3.8, 4) is 0 Å². The van der Waals surface area contributed by atoms with Gasteiger partial charge < -0.3 is 5.32 Å². The number of rotatable bonds is 6. The minimum absolute atomic E-state index is 0.416. The maximum absolute atomic E-state index is 4.01. The van der Waals surface area contributed by atoms with Gasteiger partial charge in [-0.3, -0.25) is 4.90 Å². The normalized spacial score (nSPS) is 25.6. The summed E-state index contributed by atoms with van der Waals surface area (Å²) in [5.74, 6) is 0.842. The van der Waals surface area contributed by atoms with Gasteiger partial charge in [-0.1, -0.05) is 47.0 Å². The lowest BCUT2D eigenvalue weighted by atomic mass is 9.75. The molecule has 0 bridgehead atoms. The van der Waals surface area contributed by atoms with Gasteiger partial charge >= 0.3 is 0 Å². The van der Waals surface area contributed by atoms with Gasteiger partial charge in [0.15, 0.2) is 0 Å². The zero-order valence-corrected chi connectivity index (χ0v) is 15.0. The molecule has 0 radical (unpaired) electrons. The van der Waals surface area contributed by atoms with E-state index in [1.54, 1.807) is 0 Å². The summed E-state index contributed by atoms with van der Waals surface area (Å²) in [6.07, 6.45) is 12.4. The Balaban J connectivity index is 2.03. The highest BCUT2D eigenvalue weighted by Crippen LogP contribution is 2.37. The van der Waals surface area contributed by atoms with Crippen LogP contribution in [0.15, 0.2) is 0 Å². The van der Waals surface area contributed by atoms with Gasteiger partial charge in [-0.2, -0.15) is 0 Å². The first kappa shape index (κ1) is 17.3. The molecule has 2 fully saturated rings. The minimum Gasteiger partial charge on any atom is -0.308 e. The fourth-order valence-corrected chi connectivity index (χ4v) is 4.57. The highest BCUT2D eigenvalue weighted by Gasteiger charge is 2.45. The molecule has 2 rings (SSSR count). The molecular formula is C19H38N2. The molecule has 0 aromatic heterocycles. The molecule has 0 atom stereocenters. The minimum atomic E-state index is 0.416. The second-order valence-electron chi connectivity index (χ2n) is 8.08. The van der Waals surface area contributed by atoms with E-state index in [1.807, 2.05) is 0 Å². The molecule has 1 aliphatic carbocycles. The first-order chi connectivity index (χ1) is 10.1. The highest BCUT2D eigenvalue weighted by molar-refractivity contribution is 5.05. The molecule has 1 saturated carbocycles. The number of piperazine rings is 1. The molecule has 1 spiro atoms. The van der Waals surface area contributed by atoms with E-state index in [2.05, 4.69) is 37.9 Å². The van der Waals surface area contributed by atoms with Crippen LogP contribution >= 0.6 is 0 Å². The Morgan fingerprint density at radius 1 is 1.05 bits per heavy atom. The zero-order chi connectivity index (χ0) is 15.3. The van der Waals surface area contributed by atoms with Crippen molar-refractivity contribution in [2.24, 2.45) is 5.92 Å². The Morgan fingerprint density at radius 2 is 1.71 bits per heavy atom. The smallest absolute Gasteiger partial charge is 0.0329 e. The highest BCUT2D eigenvalue weighted by atomic mass is 15.3. The molecule has 0 aromatic carbocycles. The summed E-state index contributed by atoms with van der Waals surface area (Å²) < 4.78 is 0. The molecular weight excluding hydrogens is 256 g/mol. The number of nitrogens with one attached hydrogen (secondary N) is 1.